The van der Waals surface area contributed by atoms with Crippen LogP contribution in [0.2, 0.25) is 13.3 Å². The standard InChI is InChI=1S/C5H8N3O2S.3C4H9.Sn/c1-7(2)11(9,10)8-4-3-6-5-8;3*1-3-4-2;/h4-5H,1-2H3;3*1,3-4H2,2H3;. The minimum atomic E-state index is -3.46. The quantitative estimate of drug-likeness (QED) is 0.445. The van der Waals surface area contributed by atoms with Crippen molar-refractivity contribution in [3.8, 4) is 0 Å². The Bertz CT molecular complexity index is 563. The molecule has 0 bridgehead atoms. The Morgan fingerprint density at radius 1 is 1.00 bits per heavy atom. The first-order valence-electron chi connectivity index (χ1n) is 9.31. The predicted molar refractivity (Wildman–Crippen MR) is 105 cm³/mol. The molecule has 0 amide bonds. The van der Waals surface area contributed by atoms with Gasteiger partial charge in [-0.2, -0.15) is 0 Å². The van der Waals surface area contributed by atoms with Crippen LogP contribution in [0.1, 0.15) is 59.3 Å². The molecule has 0 spiro atoms. The number of imidazole rings is 1. The van der Waals surface area contributed by atoms with Crippen LogP contribution < -0.4 is 3.71 Å². The summed E-state index contributed by atoms with van der Waals surface area (Å²) in [6, 6.07) is 0. The summed E-state index contributed by atoms with van der Waals surface area (Å²) in [6.45, 7) is 6.72. The van der Waals surface area contributed by atoms with Crippen LogP contribution in [0, 0.1) is 0 Å². The Morgan fingerprint density at radius 2 is 1.46 bits per heavy atom. The Hall–Kier alpha value is -0.0813. The predicted octanol–water partition coefficient (Wildman–Crippen LogP) is 3.59. The molecule has 0 aliphatic heterocycles. The molecule has 1 aromatic heterocycles. The van der Waals surface area contributed by atoms with E-state index in [1.54, 1.807) is 14.1 Å². The monoisotopic (exact) mass is 465 g/mol. The number of rotatable bonds is 12. The van der Waals surface area contributed by atoms with Crippen molar-refractivity contribution >= 4 is 32.3 Å². The first-order valence-corrected chi connectivity index (χ1v) is 18.2. The zero-order valence-corrected chi connectivity index (χ0v) is 19.8. The molecular weight excluding hydrogens is 429 g/mol. The zero-order valence-electron chi connectivity index (χ0n) is 16.1. The van der Waals surface area contributed by atoms with E-state index in [1.807, 2.05) is 6.20 Å². The topological polar surface area (TPSA) is 55.2 Å². The summed E-state index contributed by atoms with van der Waals surface area (Å²) in [4.78, 5) is 4.65. The molecule has 0 aliphatic carbocycles. The number of aromatic nitrogens is 2. The van der Waals surface area contributed by atoms with Gasteiger partial charge in [-0.25, -0.2) is 0 Å². The molecule has 7 heteroatoms. The summed E-state index contributed by atoms with van der Waals surface area (Å²) in [5.74, 6) is 0. The maximum atomic E-state index is 12.4. The summed E-state index contributed by atoms with van der Waals surface area (Å²) in [6.07, 6.45) is 10.7. The van der Waals surface area contributed by atoms with Gasteiger partial charge in [-0.05, 0) is 0 Å². The fourth-order valence-electron chi connectivity index (χ4n) is 3.20. The van der Waals surface area contributed by atoms with Crippen molar-refractivity contribution < 1.29 is 8.42 Å². The molecule has 1 rings (SSSR count). The number of nitrogens with zero attached hydrogens (tertiary/aromatic N) is 3. The molecule has 140 valence electrons. The van der Waals surface area contributed by atoms with Crippen molar-refractivity contribution in [3.05, 3.63) is 12.5 Å². The van der Waals surface area contributed by atoms with Crippen molar-refractivity contribution in [2.24, 2.45) is 0 Å². The van der Waals surface area contributed by atoms with Gasteiger partial charge in [0.2, 0.25) is 0 Å². The van der Waals surface area contributed by atoms with E-state index in [4.69, 9.17) is 0 Å². The zero-order chi connectivity index (χ0) is 18.2. The van der Waals surface area contributed by atoms with E-state index >= 15 is 0 Å². The molecule has 0 unspecified atom stereocenters. The third-order valence-electron chi connectivity index (χ3n) is 4.86. The Morgan fingerprint density at radius 3 is 1.83 bits per heavy atom. The summed E-state index contributed by atoms with van der Waals surface area (Å²) in [5, 5.41) is 0. The van der Waals surface area contributed by atoms with Crippen molar-refractivity contribution in [3.63, 3.8) is 0 Å². The summed E-state index contributed by atoms with van der Waals surface area (Å²) < 4.78 is 32.4. The van der Waals surface area contributed by atoms with E-state index in [9.17, 15) is 8.42 Å². The Balaban J connectivity index is 3.23. The van der Waals surface area contributed by atoms with Crippen LogP contribution in [0.25, 0.3) is 0 Å². The van der Waals surface area contributed by atoms with Crippen LogP contribution >= 0.6 is 0 Å². The minimum absolute atomic E-state index is 1.16. The van der Waals surface area contributed by atoms with Gasteiger partial charge in [-0.15, -0.1) is 0 Å². The van der Waals surface area contributed by atoms with Crippen LogP contribution in [0.4, 0.5) is 0 Å². The van der Waals surface area contributed by atoms with Crippen LogP contribution in [-0.2, 0) is 10.2 Å². The van der Waals surface area contributed by atoms with E-state index in [0.717, 1.165) is 3.71 Å². The normalized spacial score (nSPS) is 12.9. The molecule has 0 radical (unpaired) electrons. The molecule has 5 nitrogen and oxygen atoms in total. The summed E-state index contributed by atoms with van der Waals surface area (Å²) in [7, 11) is -0.324. The van der Waals surface area contributed by atoms with Gasteiger partial charge in [0.15, 0.2) is 0 Å². The summed E-state index contributed by atoms with van der Waals surface area (Å²) >= 11 is -2.64. The second-order valence-corrected chi connectivity index (χ2v) is 22.1. The van der Waals surface area contributed by atoms with Gasteiger partial charge >= 0.3 is 153 Å². The van der Waals surface area contributed by atoms with Gasteiger partial charge in [0.25, 0.3) is 0 Å². The van der Waals surface area contributed by atoms with Crippen molar-refractivity contribution in [2.45, 2.75) is 72.6 Å². The second kappa shape index (κ2) is 10.2. The van der Waals surface area contributed by atoms with Gasteiger partial charge in [0, 0.05) is 0 Å². The number of unbranched alkanes of at least 4 members (excludes halogenated alkanes) is 3. The number of hydrogen-bond donors (Lipinski definition) is 0. The average Bonchev–Trinajstić information content (AvgIpc) is 3.05. The summed E-state index contributed by atoms with van der Waals surface area (Å²) in [5.41, 5.74) is 0. The van der Waals surface area contributed by atoms with Gasteiger partial charge in [0.1, 0.15) is 0 Å². The van der Waals surface area contributed by atoms with Crippen molar-refractivity contribution in [2.75, 3.05) is 14.1 Å². The molecule has 0 aromatic carbocycles. The van der Waals surface area contributed by atoms with E-state index in [2.05, 4.69) is 25.8 Å². The fourth-order valence-corrected chi connectivity index (χ4v) is 19.5. The van der Waals surface area contributed by atoms with Crippen LogP contribution in [-0.4, -0.2) is 54.2 Å². The van der Waals surface area contributed by atoms with E-state index < -0.39 is 28.6 Å². The molecule has 0 saturated carbocycles. The molecule has 0 fully saturated rings. The molecule has 0 N–H and O–H groups in total. The van der Waals surface area contributed by atoms with Gasteiger partial charge in [-0.1, -0.05) is 0 Å². The molecule has 24 heavy (non-hydrogen) atoms. The Kier molecular flexibility index (Phi) is 9.30. The fraction of sp³-hybridized carbons (Fsp3) is 0.824. The SMILES string of the molecule is CCC[CH2][Sn]([CH2]CCC)([CH2]CCC)[c]1cn(S(=O)(=O)N(C)C)cn1. The van der Waals surface area contributed by atoms with E-state index in [0.29, 0.717) is 0 Å². The third-order valence-corrected chi connectivity index (χ3v) is 21.6. The van der Waals surface area contributed by atoms with Gasteiger partial charge in [0.05, 0.1) is 0 Å². The molecular formula is C17H35N3O2SSn. The first-order chi connectivity index (χ1) is 11.3. The average molecular weight is 464 g/mol. The van der Waals surface area contributed by atoms with Crippen molar-refractivity contribution in [1.29, 1.82) is 0 Å². The molecule has 0 aliphatic rings. The third kappa shape index (κ3) is 5.46. The molecule has 1 aromatic rings. The van der Waals surface area contributed by atoms with Gasteiger partial charge in [-0.3, -0.25) is 0 Å². The van der Waals surface area contributed by atoms with Gasteiger partial charge < -0.3 is 0 Å². The van der Waals surface area contributed by atoms with E-state index in [1.165, 1.54) is 66.4 Å². The Labute approximate surface area is 152 Å². The van der Waals surface area contributed by atoms with E-state index in [-0.39, 0.29) is 0 Å². The second-order valence-electron chi connectivity index (χ2n) is 6.97. The molecule has 0 atom stereocenters. The first kappa shape index (κ1) is 22.0. The van der Waals surface area contributed by atoms with Crippen molar-refractivity contribution in [1.82, 2.24) is 13.3 Å². The van der Waals surface area contributed by atoms with Crippen LogP contribution in [0.5, 0.6) is 0 Å². The number of hydrogen-bond acceptors (Lipinski definition) is 3. The maximum absolute atomic E-state index is 12.4. The van der Waals surface area contributed by atoms with Crippen LogP contribution in [0.3, 0.4) is 0 Å². The molecule has 0 saturated heterocycles. The van der Waals surface area contributed by atoms with Crippen LogP contribution in [0.15, 0.2) is 12.5 Å². The molecule has 1 heterocycles.